The largest absolute Gasteiger partial charge is 0.504 e. The maximum Gasteiger partial charge on any atom is 0.0924 e. The van der Waals surface area contributed by atoms with Crippen molar-refractivity contribution < 1.29 is 9.47 Å². The number of nitrogens with zero attached hydrogens (tertiary/aromatic N) is 1. The van der Waals surface area contributed by atoms with Gasteiger partial charge >= 0.3 is 0 Å². The van der Waals surface area contributed by atoms with E-state index in [-0.39, 0.29) is 0 Å². The summed E-state index contributed by atoms with van der Waals surface area (Å²) >= 11 is 0. The van der Waals surface area contributed by atoms with Gasteiger partial charge in [-0.2, -0.15) is 5.10 Å². The fourth-order valence-corrected chi connectivity index (χ4v) is 0.788. The van der Waals surface area contributed by atoms with Crippen LogP contribution in [0.3, 0.4) is 0 Å². The number of hydrogen-bond acceptors (Lipinski definition) is 4. The highest BCUT2D eigenvalue weighted by molar-refractivity contribution is 6.00. The van der Waals surface area contributed by atoms with Gasteiger partial charge in [0.05, 0.1) is 32.0 Å². The molecule has 0 rings (SSSR count). The summed E-state index contributed by atoms with van der Waals surface area (Å²) in [7, 11) is 3.20. The molecule has 0 aliphatic rings. The van der Waals surface area contributed by atoms with E-state index in [1.165, 1.54) is 0 Å². The van der Waals surface area contributed by atoms with Crippen molar-refractivity contribution in [2.24, 2.45) is 10.9 Å². The third kappa shape index (κ3) is 5.57. The molecule has 0 amide bonds. The molecule has 0 bridgehead atoms. The third-order valence-corrected chi connectivity index (χ3v) is 1.81. The molecule has 4 nitrogen and oxygen atoms in total. The summed E-state index contributed by atoms with van der Waals surface area (Å²) in [5, 5.41) is 3.62. The van der Waals surface area contributed by atoms with Crippen molar-refractivity contribution in [3.63, 3.8) is 0 Å². The van der Waals surface area contributed by atoms with E-state index in [0.717, 1.165) is 17.0 Å². The Bertz CT molecular complexity index is 302. The fraction of sp³-hybridized carbons (Fsp3) is 0.364. The minimum absolute atomic E-state index is 0.725. The van der Waals surface area contributed by atoms with Crippen LogP contribution in [0.2, 0.25) is 0 Å². The van der Waals surface area contributed by atoms with Gasteiger partial charge in [0.2, 0.25) is 0 Å². The first-order valence-corrected chi connectivity index (χ1v) is 4.52. The van der Waals surface area contributed by atoms with E-state index in [4.69, 9.17) is 15.3 Å². The van der Waals surface area contributed by atoms with Crippen LogP contribution < -0.4 is 5.84 Å². The second-order valence-electron chi connectivity index (χ2n) is 2.86. The van der Waals surface area contributed by atoms with Gasteiger partial charge in [0.15, 0.2) is 0 Å². The second-order valence-corrected chi connectivity index (χ2v) is 2.86. The fourth-order valence-electron chi connectivity index (χ4n) is 0.788. The lowest BCUT2D eigenvalue weighted by molar-refractivity contribution is 0.294. The van der Waals surface area contributed by atoms with Crippen molar-refractivity contribution in [1.29, 1.82) is 0 Å². The molecule has 4 heteroatoms. The normalized spacial score (nSPS) is 14.5. The first-order valence-electron chi connectivity index (χ1n) is 4.52. The second kappa shape index (κ2) is 7.67. The molecular formula is C11H18N2O2. The SMILES string of the molecule is CO/C=C/C(=C\C=C(/C)OC)C(/C)=N/N. The van der Waals surface area contributed by atoms with Gasteiger partial charge in [-0.3, -0.25) is 0 Å². The van der Waals surface area contributed by atoms with Gasteiger partial charge < -0.3 is 15.3 Å². The Kier molecular flexibility index (Phi) is 6.80. The predicted octanol–water partition coefficient (Wildman–Crippen LogP) is 1.96. The van der Waals surface area contributed by atoms with Gasteiger partial charge in [0.25, 0.3) is 0 Å². The molecule has 0 unspecified atom stereocenters. The average molecular weight is 210 g/mol. The maximum atomic E-state index is 5.20. The number of rotatable bonds is 5. The predicted molar refractivity (Wildman–Crippen MR) is 62.3 cm³/mol. The molecule has 0 saturated heterocycles. The molecule has 0 aromatic heterocycles. The Labute approximate surface area is 90.8 Å². The van der Waals surface area contributed by atoms with Crippen LogP contribution in [0.15, 0.2) is 40.9 Å². The van der Waals surface area contributed by atoms with E-state index >= 15 is 0 Å². The molecule has 0 aliphatic carbocycles. The molecule has 84 valence electrons. The molecule has 15 heavy (non-hydrogen) atoms. The Morgan fingerprint density at radius 3 is 2.33 bits per heavy atom. The highest BCUT2D eigenvalue weighted by atomic mass is 16.5. The Morgan fingerprint density at radius 1 is 1.20 bits per heavy atom. The number of methoxy groups -OCH3 is 2. The zero-order chi connectivity index (χ0) is 11.7. The lowest BCUT2D eigenvalue weighted by Crippen LogP contribution is -1.99. The summed E-state index contributed by atoms with van der Waals surface area (Å²) < 4.78 is 9.84. The lowest BCUT2D eigenvalue weighted by atomic mass is 10.1. The molecule has 0 saturated carbocycles. The van der Waals surface area contributed by atoms with Gasteiger partial charge in [-0.05, 0) is 32.1 Å². The monoisotopic (exact) mass is 210 g/mol. The number of hydrogen-bond donors (Lipinski definition) is 1. The molecular weight excluding hydrogens is 192 g/mol. The Balaban J connectivity index is 4.86. The van der Waals surface area contributed by atoms with E-state index in [2.05, 4.69) is 5.10 Å². The van der Waals surface area contributed by atoms with Crippen molar-refractivity contribution in [1.82, 2.24) is 0 Å². The lowest BCUT2D eigenvalue weighted by Gasteiger charge is -2.00. The first-order chi connectivity index (χ1) is 7.15. The van der Waals surface area contributed by atoms with Gasteiger partial charge in [0, 0.05) is 5.57 Å². The summed E-state index contributed by atoms with van der Waals surface area (Å²) in [5.74, 6) is 6.01. The smallest absolute Gasteiger partial charge is 0.0924 e. The van der Waals surface area contributed by atoms with Crippen LogP contribution >= 0.6 is 0 Å². The van der Waals surface area contributed by atoms with Crippen LogP contribution in [0.1, 0.15) is 13.8 Å². The quantitative estimate of drug-likeness (QED) is 0.248. The van der Waals surface area contributed by atoms with E-state index in [1.54, 1.807) is 26.6 Å². The summed E-state index contributed by atoms with van der Waals surface area (Å²) in [6, 6.07) is 0. The van der Waals surface area contributed by atoms with Crippen LogP contribution in [0.5, 0.6) is 0 Å². The number of ether oxygens (including phenoxy) is 2. The topological polar surface area (TPSA) is 56.8 Å². The van der Waals surface area contributed by atoms with Gasteiger partial charge in [0.1, 0.15) is 0 Å². The van der Waals surface area contributed by atoms with Crippen molar-refractivity contribution >= 4 is 5.71 Å². The molecule has 0 heterocycles. The molecule has 0 spiro atoms. The van der Waals surface area contributed by atoms with Crippen molar-refractivity contribution in [2.75, 3.05) is 14.2 Å². The molecule has 0 radical (unpaired) electrons. The summed E-state index contributed by atoms with van der Waals surface area (Å²) in [4.78, 5) is 0. The standard InChI is InChI=1S/C11H18N2O2/c1-9(15-4)5-6-11(7-8-14-3)10(2)13-12/h5-8H,12H2,1-4H3/b8-7+,9-5+,11-6+,13-10+. The molecule has 0 fully saturated rings. The zero-order valence-electron chi connectivity index (χ0n) is 9.65. The van der Waals surface area contributed by atoms with Crippen molar-refractivity contribution in [2.45, 2.75) is 13.8 Å². The molecule has 0 aliphatic heterocycles. The Hall–Kier alpha value is -1.71. The number of nitrogens with two attached hydrogens (primary N) is 1. The van der Waals surface area contributed by atoms with Crippen LogP contribution in [-0.2, 0) is 9.47 Å². The third-order valence-electron chi connectivity index (χ3n) is 1.81. The van der Waals surface area contributed by atoms with Crippen LogP contribution in [-0.4, -0.2) is 19.9 Å². The van der Waals surface area contributed by atoms with Crippen molar-refractivity contribution in [3.05, 3.63) is 35.8 Å². The first kappa shape index (κ1) is 13.3. The zero-order valence-corrected chi connectivity index (χ0v) is 9.65. The van der Waals surface area contributed by atoms with E-state index < -0.39 is 0 Å². The molecule has 0 atom stereocenters. The van der Waals surface area contributed by atoms with Crippen molar-refractivity contribution in [3.8, 4) is 0 Å². The summed E-state index contributed by atoms with van der Waals surface area (Å²) in [5.41, 5.74) is 1.60. The van der Waals surface area contributed by atoms with Crippen LogP contribution in [0, 0.1) is 0 Å². The number of allylic oxidation sites excluding steroid dienone is 5. The summed E-state index contributed by atoms with van der Waals surface area (Å²) in [6.07, 6.45) is 7.05. The van der Waals surface area contributed by atoms with Gasteiger partial charge in [-0.1, -0.05) is 0 Å². The molecule has 0 aromatic rings. The highest BCUT2D eigenvalue weighted by Gasteiger charge is 1.96. The van der Waals surface area contributed by atoms with E-state index in [0.29, 0.717) is 0 Å². The molecule has 0 aromatic carbocycles. The van der Waals surface area contributed by atoms with E-state index in [1.807, 2.05) is 26.0 Å². The van der Waals surface area contributed by atoms with Crippen LogP contribution in [0.4, 0.5) is 0 Å². The molecule has 2 N–H and O–H groups in total. The van der Waals surface area contributed by atoms with Crippen LogP contribution in [0.25, 0.3) is 0 Å². The van der Waals surface area contributed by atoms with Gasteiger partial charge in [-0.15, -0.1) is 0 Å². The Morgan fingerprint density at radius 2 is 1.87 bits per heavy atom. The maximum absolute atomic E-state index is 5.20. The minimum Gasteiger partial charge on any atom is -0.504 e. The van der Waals surface area contributed by atoms with Gasteiger partial charge in [-0.25, -0.2) is 0 Å². The summed E-state index contributed by atoms with van der Waals surface area (Å²) in [6.45, 7) is 3.69. The minimum atomic E-state index is 0.725. The average Bonchev–Trinajstić information content (AvgIpc) is 2.27. The highest BCUT2D eigenvalue weighted by Crippen LogP contribution is 2.03. The van der Waals surface area contributed by atoms with E-state index in [9.17, 15) is 0 Å². The number of hydrazone groups is 1.